The number of carbonyl (C=O) groups is 2. The third kappa shape index (κ3) is 2.62. The van der Waals surface area contributed by atoms with Crippen LogP contribution in [0.3, 0.4) is 0 Å². The number of nitrogens with one attached hydrogen (secondary N) is 2. The summed E-state index contributed by atoms with van der Waals surface area (Å²) in [6, 6.07) is 5.77. The molecule has 0 saturated carbocycles. The maximum Gasteiger partial charge on any atom is 0.246 e. The molecule has 1 heterocycles. The molecule has 2 amide bonds. The molecule has 0 radical (unpaired) electrons. The highest BCUT2D eigenvalue weighted by Gasteiger charge is 2.27. The van der Waals surface area contributed by atoms with Crippen LogP contribution in [-0.4, -0.2) is 17.9 Å². The van der Waals surface area contributed by atoms with Crippen LogP contribution in [-0.2, 0) is 22.4 Å². The van der Waals surface area contributed by atoms with Crippen LogP contribution in [0.1, 0.15) is 36.8 Å². The van der Waals surface area contributed by atoms with Gasteiger partial charge in [-0.25, -0.2) is 0 Å². The topological polar surface area (TPSA) is 58.2 Å². The van der Waals surface area contributed by atoms with Crippen molar-refractivity contribution >= 4 is 17.5 Å². The molecule has 3 rings (SSSR count). The number of hydrogen-bond acceptors (Lipinski definition) is 2. The van der Waals surface area contributed by atoms with Gasteiger partial charge in [0.25, 0.3) is 0 Å². The highest BCUT2D eigenvalue weighted by molar-refractivity contribution is 5.99. The number of hydrogen-bond donors (Lipinski definition) is 2. The Balaban J connectivity index is 1.69. The van der Waals surface area contributed by atoms with E-state index in [-0.39, 0.29) is 17.9 Å². The van der Waals surface area contributed by atoms with Crippen molar-refractivity contribution in [2.75, 3.05) is 5.32 Å². The maximum atomic E-state index is 12.0. The number of anilines is 1. The fourth-order valence-corrected chi connectivity index (χ4v) is 2.85. The molecule has 19 heavy (non-hydrogen) atoms. The number of amides is 2. The number of carbonyl (C=O) groups excluding carboxylic acids is 2. The normalized spacial score (nSPS) is 21.7. The summed E-state index contributed by atoms with van der Waals surface area (Å²) in [6.45, 7) is 0. The molecule has 1 aromatic carbocycles. The summed E-state index contributed by atoms with van der Waals surface area (Å²) in [5.74, 6) is -0.146. The van der Waals surface area contributed by atoms with Crippen molar-refractivity contribution in [3.63, 3.8) is 0 Å². The number of fused-ring (bicyclic) bond motifs is 1. The monoisotopic (exact) mass is 258 g/mol. The van der Waals surface area contributed by atoms with Crippen molar-refractivity contribution < 1.29 is 9.59 Å². The molecular formula is C15H18N2O2. The summed E-state index contributed by atoms with van der Waals surface area (Å²) in [4.78, 5) is 23.1. The Labute approximate surface area is 112 Å². The highest BCUT2D eigenvalue weighted by Crippen LogP contribution is 2.24. The summed E-state index contributed by atoms with van der Waals surface area (Å²) >= 11 is 0. The molecule has 2 N–H and O–H groups in total. The van der Waals surface area contributed by atoms with E-state index in [9.17, 15) is 9.59 Å². The van der Waals surface area contributed by atoms with Crippen LogP contribution in [0, 0.1) is 0 Å². The van der Waals surface area contributed by atoms with Gasteiger partial charge in [-0.05, 0) is 55.4 Å². The minimum atomic E-state index is -0.372. The van der Waals surface area contributed by atoms with Crippen molar-refractivity contribution in [1.29, 1.82) is 0 Å². The van der Waals surface area contributed by atoms with Gasteiger partial charge in [-0.15, -0.1) is 0 Å². The highest BCUT2D eigenvalue weighted by atomic mass is 16.2. The van der Waals surface area contributed by atoms with E-state index in [0.717, 1.165) is 18.5 Å². The third-order valence-electron chi connectivity index (χ3n) is 3.93. The van der Waals surface area contributed by atoms with Gasteiger partial charge in [0.2, 0.25) is 11.8 Å². The Hall–Kier alpha value is -1.84. The molecule has 1 aliphatic carbocycles. The van der Waals surface area contributed by atoms with Gasteiger partial charge in [-0.3, -0.25) is 9.59 Å². The van der Waals surface area contributed by atoms with E-state index in [1.165, 1.54) is 24.0 Å². The molecule has 1 atom stereocenters. The number of rotatable bonds is 2. The minimum Gasteiger partial charge on any atom is -0.344 e. The zero-order valence-corrected chi connectivity index (χ0v) is 10.9. The maximum absolute atomic E-state index is 12.0. The molecule has 4 heteroatoms. The van der Waals surface area contributed by atoms with Crippen LogP contribution in [0.2, 0.25) is 0 Å². The number of aryl methyl sites for hydroxylation is 2. The summed E-state index contributed by atoms with van der Waals surface area (Å²) in [5, 5.41) is 5.59. The Morgan fingerprint density at radius 1 is 1.16 bits per heavy atom. The molecule has 100 valence electrons. The van der Waals surface area contributed by atoms with E-state index in [2.05, 4.69) is 22.8 Å². The Morgan fingerprint density at radius 2 is 1.95 bits per heavy atom. The molecule has 1 aromatic rings. The second-order valence-electron chi connectivity index (χ2n) is 5.34. The standard InChI is InChI=1S/C15H18N2O2/c18-14-8-7-13(17-14)15(19)16-12-6-5-10-3-1-2-4-11(10)9-12/h5-6,9,13H,1-4,7-8H2,(H,16,19)(H,17,18). The summed E-state index contributed by atoms with van der Waals surface area (Å²) in [5.41, 5.74) is 3.59. The predicted molar refractivity (Wildman–Crippen MR) is 72.9 cm³/mol. The van der Waals surface area contributed by atoms with Gasteiger partial charge in [0, 0.05) is 12.1 Å². The van der Waals surface area contributed by atoms with Crippen molar-refractivity contribution in [1.82, 2.24) is 5.32 Å². The van der Waals surface area contributed by atoms with Crippen LogP contribution >= 0.6 is 0 Å². The fraction of sp³-hybridized carbons (Fsp3) is 0.467. The molecule has 0 aromatic heterocycles. The Bertz CT molecular complexity index is 525. The van der Waals surface area contributed by atoms with Crippen LogP contribution < -0.4 is 10.6 Å². The van der Waals surface area contributed by atoms with Gasteiger partial charge in [0.15, 0.2) is 0 Å². The fourth-order valence-electron chi connectivity index (χ4n) is 2.85. The quantitative estimate of drug-likeness (QED) is 0.849. The Morgan fingerprint density at radius 3 is 2.68 bits per heavy atom. The first-order chi connectivity index (χ1) is 9.22. The van der Waals surface area contributed by atoms with Gasteiger partial charge >= 0.3 is 0 Å². The minimum absolute atomic E-state index is 0.0365. The van der Waals surface area contributed by atoms with Crippen LogP contribution in [0.5, 0.6) is 0 Å². The molecule has 4 nitrogen and oxygen atoms in total. The summed E-state index contributed by atoms with van der Waals surface area (Å²) in [6.07, 6.45) is 5.76. The first kappa shape index (κ1) is 12.2. The molecule has 1 saturated heterocycles. The second-order valence-corrected chi connectivity index (χ2v) is 5.34. The number of benzene rings is 1. The van der Waals surface area contributed by atoms with Gasteiger partial charge < -0.3 is 10.6 Å². The summed E-state index contributed by atoms with van der Waals surface area (Å²) < 4.78 is 0. The molecule has 2 aliphatic rings. The smallest absolute Gasteiger partial charge is 0.246 e. The SMILES string of the molecule is O=C1CCC(C(=O)Nc2ccc3c(c2)CCCC3)N1. The summed E-state index contributed by atoms with van der Waals surface area (Å²) in [7, 11) is 0. The first-order valence-electron chi connectivity index (χ1n) is 6.94. The van der Waals surface area contributed by atoms with E-state index >= 15 is 0 Å². The average molecular weight is 258 g/mol. The first-order valence-corrected chi connectivity index (χ1v) is 6.94. The van der Waals surface area contributed by atoms with Crippen LogP contribution in [0.15, 0.2) is 18.2 Å². The van der Waals surface area contributed by atoms with Gasteiger partial charge in [-0.1, -0.05) is 6.07 Å². The van der Waals surface area contributed by atoms with Crippen LogP contribution in [0.4, 0.5) is 5.69 Å². The molecule has 1 fully saturated rings. The van der Waals surface area contributed by atoms with Gasteiger partial charge in [0.1, 0.15) is 6.04 Å². The molecule has 1 aliphatic heterocycles. The van der Waals surface area contributed by atoms with E-state index < -0.39 is 0 Å². The predicted octanol–water partition coefficient (Wildman–Crippen LogP) is 1.78. The van der Waals surface area contributed by atoms with E-state index in [1.807, 2.05) is 6.07 Å². The molecule has 0 bridgehead atoms. The van der Waals surface area contributed by atoms with Crippen molar-refractivity contribution in [3.8, 4) is 0 Å². The second kappa shape index (κ2) is 5.03. The molecular weight excluding hydrogens is 240 g/mol. The zero-order chi connectivity index (χ0) is 13.2. The Kier molecular flexibility index (Phi) is 3.23. The van der Waals surface area contributed by atoms with E-state index in [4.69, 9.17) is 0 Å². The third-order valence-corrected chi connectivity index (χ3v) is 3.93. The lowest BCUT2D eigenvalue weighted by Crippen LogP contribution is -2.37. The lowest BCUT2D eigenvalue weighted by molar-refractivity contribution is -0.122. The van der Waals surface area contributed by atoms with Crippen molar-refractivity contribution in [2.45, 2.75) is 44.6 Å². The van der Waals surface area contributed by atoms with Crippen molar-refractivity contribution in [3.05, 3.63) is 29.3 Å². The zero-order valence-electron chi connectivity index (χ0n) is 10.9. The van der Waals surface area contributed by atoms with E-state index in [0.29, 0.717) is 12.8 Å². The largest absolute Gasteiger partial charge is 0.344 e. The lowest BCUT2D eigenvalue weighted by Gasteiger charge is -2.17. The average Bonchev–Trinajstić information content (AvgIpc) is 2.85. The molecule has 1 unspecified atom stereocenters. The van der Waals surface area contributed by atoms with Crippen molar-refractivity contribution in [2.24, 2.45) is 0 Å². The lowest BCUT2D eigenvalue weighted by atomic mass is 9.91. The molecule has 0 spiro atoms. The van der Waals surface area contributed by atoms with Crippen LogP contribution in [0.25, 0.3) is 0 Å². The van der Waals surface area contributed by atoms with E-state index in [1.54, 1.807) is 0 Å². The van der Waals surface area contributed by atoms with Gasteiger partial charge in [0.05, 0.1) is 0 Å². The van der Waals surface area contributed by atoms with Gasteiger partial charge in [-0.2, -0.15) is 0 Å².